The van der Waals surface area contributed by atoms with Gasteiger partial charge in [0.25, 0.3) is 0 Å². The molecule has 0 aliphatic carbocycles. The third kappa shape index (κ3) is 8.85. The number of nitrogens with zero attached hydrogens (tertiary/aromatic N) is 2. The molecule has 56 heavy (non-hydrogen) atoms. The second kappa shape index (κ2) is 17.4. The molecule has 3 heterocycles. The normalized spacial score (nSPS) is 11.9. The number of aromatic nitrogens is 2. The van der Waals surface area contributed by atoms with Gasteiger partial charge in [-0.05, 0) is 56.5 Å². The summed E-state index contributed by atoms with van der Waals surface area (Å²) in [5, 5.41) is 2.39. The van der Waals surface area contributed by atoms with Gasteiger partial charge in [0.05, 0.1) is 0 Å². The first-order chi connectivity index (χ1) is 27.6. The summed E-state index contributed by atoms with van der Waals surface area (Å²) in [6.07, 6.45) is 2.17. The van der Waals surface area contributed by atoms with Crippen molar-refractivity contribution < 1.29 is 22.8 Å². The molecule has 0 saturated heterocycles. The van der Waals surface area contributed by atoms with E-state index in [1.54, 1.807) is 23.6 Å². The molecule has 9 rings (SSSR count). The number of thiophene rings is 1. The van der Waals surface area contributed by atoms with Crippen LogP contribution in [0.4, 0.5) is 0 Å². The third-order valence-electron chi connectivity index (χ3n) is 9.72. The first-order valence-electron chi connectivity index (χ1n) is 19.6. The van der Waals surface area contributed by atoms with Gasteiger partial charge < -0.3 is 4.98 Å². The van der Waals surface area contributed by atoms with Crippen molar-refractivity contribution in [3.63, 3.8) is 0 Å². The molecule has 1 radical (unpaired) electrons. The second-order valence-corrected chi connectivity index (χ2v) is 26.3. The molecule has 0 spiro atoms. The number of benzene rings is 6. The number of rotatable bonds is 7. The van der Waals surface area contributed by atoms with Crippen molar-refractivity contribution in [1.82, 2.24) is 9.97 Å². The Balaban J connectivity index is 0.000000187. The van der Waals surface area contributed by atoms with Gasteiger partial charge in [0.2, 0.25) is 0 Å². The summed E-state index contributed by atoms with van der Waals surface area (Å²) in [6, 6.07) is 59.6. The topological polar surface area (TPSA) is 25.8 Å². The van der Waals surface area contributed by atoms with Gasteiger partial charge in [-0.1, -0.05) is 84.2 Å². The molecule has 0 amide bonds. The summed E-state index contributed by atoms with van der Waals surface area (Å²) in [6.45, 7) is 2.21. The molecule has 2 nitrogen and oxygen atoms in total. The molecule has 0 N–H and O–H groups in total. The van der Waals surface area contributed by atoms with Gasteiger partial charge in [0.15, 0.2) is 0 Å². The van der Waals surface area contributed by atoms with E-state index in [0.29, 0.717) is 11.1 Å². The SMILES string of the molecule is Cc1cc(-c2[c-]ccc(-c3ccccc3)c2)nc[c]1[Ge]([CH3])([CH3])[CH3].[2H]C([2H])(c1ccccc1)c1ccnc(-c2[c-]ccc3c2sc2cc(-c4ccccc4)ccc23)c1.[Ir]. The molecule has 0 saturated carbocycles. The fourth-order valence-corrected chi connectivity index (χ4v) is 11.8. The van der Waals surface area contributed by atoms with Crippen LogP contribution in [0.5, 0.6) is 0 Å². The minimum Gasteiger partial charge on any atom is -0.305 e. The van der Waals surface area contributed by atoms with Crippen molar-refractivity contribution in [1.29, 1.82) is 0 Å². The van der Waals surface area contributed by atoms with Crippen molar-refractivity contribution >= 4 is 49.2 Å². The molecule has 0 fully saturated rings. The van der Waals surface area contributed by atoms with Gasteiger partial charge in [0.1, 0.15) is 0 Å². The van der Waals surface area contributed by atoms with Gasteiger partial charge in [-0.25, -0.2) is 0 Å². The molecule has 5 heteroatoms. The number of pyridine rings is 2. The summed E-state index contributed by atoms with van der Waals surface area (Å²) >= 11 is -0.110. The molecule has 0 aliphatic rings. The minimum absolute atomic E-state index is 0. The molecular formula is C51H42GeIrN2S-2. The van der Waals surface area contributed by atoms with Gasteiger partial charge in [-0.3, -0.25) is 0 Å². The van der Waals surface area contributed by atoms with Crippen LogP contribution in [-0.2, 0) is 26.5 Å². The van der Waals surface area contributed by atoms with Gasteiger partial charge in [-0.15, -0.1) is 23.8 Å². The molecule has 0 atom stereocenters. The number of hydrogen-bond donors (Lipinski definition) is 0. The van der Waals surface area contributed by atoms with Crippen LogP contribution in [0.3, 0.4) is 0 Å². The van der Waals surface area contributed by atoms with Crippen LogP contribution in [0.1, 0.15) is 19.4 Å². The molecule has 6 aromatic carbocycles. The Morgan fingerprint density at radius 3 is 1.95 bits per heavy atom. The zero-order chi connectivity index (χ0) is 39.6. The molecule has 0 unspecified atom stereocenters. The standard InChI is InChI=1S/C30H20NS.C21H22GeN.Ir/c1-3-8-21(9-4-1)18-22-16-17-31-28(19-22)27-13-7-12-26-25-15-14-24(20-29(25)32-30(26)27)23-10-5-2-6-11-23;1-16-13-21(23-15-20(16)22(2,3)4)19-12-8-11-18(14-19)17-9-6-5-7-10-17;/h1-12,14-17,19-20H,18H2;5-11,13-15H,1-4H3;/q2*-1;/i18D2;;. The monoisotopic (exact) mass is 983 g/mol. The van der Waals surface area contributed by atoms with Crippen molar-refractivity contribution in [2.45, 2.75) is 30.6 Å². The molecule has 3 aromatic heterocycles. The molecule has 0 bridgehead atoms. The zero-order valence-corrected chi connectivity index (χ0v) is 37.1. The van der Waals surface area contributed by atoms with E-state index in [1.807, 2.05) is 60.7 Å². The van der Waals surface area contributed by atoms with E-state index in [0.717, 1.165) is 27.2 Å². The molecular weight excluding hydrogens is 937 g/mol. The molecule has 277 valence electrons. The van der Waals surface area contributed by atoms with E-state index in [-0.39, 0.29) is 20.1 Å². The Morgan fingerprint density at radius 2 is 1.27 bits per heavy atom. The quantitative estimate of drug-likeness (QED) is 0.117. The smallest absolute Gasteiger partial charge is 0.0365 e. The van der Waals surface area contributed by atoms with Crippen molar-refractivity contribution in [2.24, 2.45) is 0 Å². The van der Waals surface area contributed by atoms with E-state index < -0.39 is 19.6 Å². The van der Waals surface area contributed by atoms with E-state index in [2.05, 4.69) is 139 Å². The third-order valence-corrected chi connectivity index (χ3v) is 15.4. The summed E-state index contributed by atoms with van der Waals surface area (Å²) in [4.78, 5) is 9.34. The van der Waals surface area contributed by atoms with Crippen LogP contribution in [-0.4, -0.2) is 23.2 Å². The maximum atomic E-state index is 8.75. The van der Waals surface area contributed by atoms with Crippen molar-refractivity contribution in [3.8, 4) is 44.8 Å². The van der Waals surface area contributed by atoms with Crippen molar-refractivity contribution in [3.05, 3.63) is 199 Å². The van der Waals surface area contributed by atoms with Crippen LogP contribution in [0, 0.1) is 19.1 Å². The summed E-state index contributed by atoms with van der Waals surface area (Å²) < 4.78 is 21.3. The molecule has 0 aliphatic heterocycles. The maximum Gasteiger partial charge on any atom is 0.0365 e. The van der Waals surface area contributed by atoms with E-state index in [9.17, 15) is 0 Å². The van der Waals surface area contributed by atoms with Crippen LogP contribution >= 0.6 is 11.3 Å². The van der Waals surface area contributed by atoms with E-state index >= 15 is 0 Å². The van der Waals surface area contributed by atoms with Gasteiger partial charge in [-0.2, -0.15) is 11.3 Å². The second-order valence-electron chi connectivity index (χ2n) is 14.7. The maximum absolute atomic E-state index is 8.75. The Hall–Kier alpha value is -4.97. The zero-order valence-electron chi connectivity index (χ0n) is 33.8. The van der Waals surface area contributed by atoms with E-state index in [1.165, 1.54) is 47.7 Å². The first kappa shape index (κ1) is 36.7. The Bertz CT molecular complexity index is 2820. The summed E-state index contributed by atoms with van der Waals surface area (Å²) in [5.74, 6) is 7.23. The van der Waals surface area contributed by atoms with E-state index in [4.69, 9.17) is 7.73 Å². The Morgan fingerprint density at radius 1 is 0.607 bits per heavy atom. The van der Waals surface area contributed by atoms with Gasteiger partial charge in [0, 0.05) is 33.7 Å². The van der Waals surface area contributed by atoms with Crippen LogP contribution in [0.25, 0.3) is 64.9 Å². The average molecular weight is 982 g/mol. The van der Waals surface area contributed by atoms with Crippen LogP contribution in [0.15, 0.2) is 170 Å². The fraction of sp³-hybridized carbons (Fsp3) is 0.0980. The number of aryl methyl sites for hydroxylation is 1. The number of fused-ring (bicyclic) bond motifs is 3. The predicted molar refractivity (Wildman–Crippen MR) is 238 cm³/mol. The van der Waals surface area contributed by atoms with Crippen LogP contribution in [0.2, 0.25) is 17.3 Å². The van der Waals surface area contributed by atoms with Crippen molar-refractivity contribution in [2.75, 3.05) is 0 Å². The fourth-order valence-electron chi connectivity index (χ4n) is 6.99. The van der Waals surface area contributed by atoms with Gasteiger partial charge >= 0.3 is 142 Å². The van der Waals surface area contributed by atoms with Crippen LogP contribution < -0.4 is 4.40 Å². The summed E-state index contributed by atoms with van der Waals surface area (Å²) in [7, 11) is 0. The number of hydrogen-bond acceptors (Lipinski definition) is 3. The summed E-state index contributed by atoms with van der Waals surface area (Å²) in [5.41, 5.74) is 11.1. The Labute approximate surface area is 353 Å². The molecule has 9 aromatic rings. The predicted octanol–water partition coefficient (Wildman–Crippen LogP) is 13.2. The first-order valence-corrected chi connectivity index (χ1v) is 26.7. The largest absolute Gasteiger partial charge is 0.305 e. The minimum atomic E-state index is -1.85. The average Bonchev–Trinajstić information content (AvgIpc) is 3.63. The Kier molecular flexibility index (Phi) is 11.4.